The summed E-state index contributed by atoms with van der Waals surface area (Å²) in [6, 6.07) is 9.15. The van der Waals surface area contributed by atoms with Gasteiger partial charge in [0.1, 0.15) is 0 Å². The van der Waals surface area contributed by atoms with Gasteiger partial charge in [-0.2, -0.15) is 0 Å². The number of nitrogens with zero attached hydrogens (tertiary/aromatic N) is 1. The first-order valence-electron chi connectivity index (χ1n) is 5.95. The molecule has 0 aliphatic carbocycles. The van der Waals surface area contributed by atoms with Crippen LogP contribution in [0, 0.1) is 0 Å². The fraction of sp³-hybridized carbons (Fsp3) is 0.214. The van der Waals surface area contributed by atoms with Crippen molar-refractivity contribution in [2.75, 3.05) is 19.4 Å². The molecular formula is C14H16ClN3O. The van der Waals surface area contributed by atoms with E-state index < -0.39 is 0 Å². The first-order valence-corrected chi connectivity index (χ1v) is 6.33. The monoisotopic (exact) mass is 277 g/mol. The van der Waals surface area contributed by atoms with Crippen molar-refractivity contribution in [3.05, 3.63) is 52.8 Å². The minimum atomic E-state index is -0.0420. The van der Waals surface area contributed by atoms with Crippen molar-refractivity contribution in [2.24, 2.45) is 0 Å². The number of carbonyl (C=O) groups is 1. The molecule has 0 saturated heterocycles. The molecule has 2 rings (SSSR count). The van der Waals surface area contributed by atoms with Crippen LogP contribution in [0.1, 0.15) is 16.1 Å². The molecule has 0 atom stereocenters. The summed E-state index contributed by atoms with van der Waals surface area (Å²) in [6.07, 6.45) is 1.87. The first kappa shape index (κ1) is 13.5. The van der Waals surface area contributed by atoms with E-state index in [1.54, 1.807) is 32.3 Å². The number of nitrogens with one attached hydrogen (secondary N) is 2. The molecule has 0 fully saturated rings. The smallest absolute Gasteiger partial charge is 0.253 e. The van der Waals surface area contributed by atoms with Gasteiger partial charge < -0.3 is 15.2 Å². The average Bonchev–Trinajstić information content (AvgIpc) is 2.90. The van der Waals surface area contributed by atoms with Gasteiger partial charge in [-0.1, -0.05) is 11.6 Å². The van der Waals surface area contributed by atoms with Crippen molar-refractivity contribution in [3.8, 4) is 0 Å². The molecule has 19 heavy (non-hydrogen) atoms. The van der Waals surface area contributed by atoms with E-state index in [1.807, 2.05) is 18.3 Å². The zero-order valence-corrected chi connectivity index (χ0v) is 11.7. The van der Waals surface area contributed by atoms with Crippen molar-refractivity contribution < 1.29 is 4.79 Å². The van der Waals surface area contributed by atoms with Crippen LogP contribution in [0.15, 0.2) is 36.5 Å². The predicted octanol–water partition coefficient (Wildman–Crippen LogP) is 2.98. The molecule has 0 bridgehead atoms. The van der Waals surface area contributed by atoms with E-state index >= 15 is 0 Å². The summed E-state index contributed by atoms with van der Waals surface area (Å²) in [6.45, 7) is 0.631. The predicted molar refractivity (Wildman–Crippen MR) is 77.6 cm³/mol. The highest BCUT2D eigenvalue weighted by Crippen LogP contribution is 2.24. The summed E-state index contributed by atoms with van der Waals surface area (Å²) in [4.78, 5) is 16.5. The number of aromatic nitrogens is 1. The van der Waals surface area contributed by atoms with Crippen LogP contribution in [0.4, 0.5) is 5.69 Å². The molecule has 2 aromatic rings. The third-order valence-corrected chi connectivity index (χ3v) is 3.08. The normalized spacial score (nSPS) is 10.3. The third kappa shape index (κ3) is 3.29. The van der Waals surface area contributed by atoms with Gasteiger partial charge in [-0.3, -0.25) is 4.79 Å². The maximum atomic E-state index is 11.9. The van der Waals surface area contributed by atoms with Crippen molar-refractivity contribution in [3.63, 3.8) is 0 Å². The van der Waals surface area contributed by atoms with Gasteiger partial charge in [-0.05, 0) is 30.3 Å². The van der Waals surface area contributed by atoms with Gasteiger partial charge in [-0.25, -0.2) is 0 Å². The van der Waals surface area contributed by atoms with Gasteiger partial charge in [0.05, 0.1) is 17.3 Å². The Balaban J connectivity index is 2.15. The number of H-pyrrole nitrogens is 1. The number of carbonyl (C=O) groups excluding carboxylic acids is 1. The fourth-order valence-corrected chi connectivity index (χ4v) is 1.90. The molecule has 5 heteroatoms. The Morgan fingerprint density at radius 1 is 1.37 bits per heavy atom. The van der Waals surface area contributed by atoms with Gasteiger partial charge in [-0.15, -0.1) is 0 Å². The van der Waals surface area contributed by atoms with Crippen LogP contribution in [0.3, 0.4) is 0 Å². The maximum absolute atomic E-state index is 11.9. The van der Waals surface area contributed by atoms with Gasteiger partial charge in [0, 0.05) is 31.5 Å². The molecule has 0 aliphatic rings. The highest BCUT2D eigenvalue weighted by atomic mass is 35.5. The average molecular weight is 278 g/mol. The van der Waals surface area contributed by atoms with Crippen molar-refractivity contribution in [2.45, 2.75) is 6.54 Å². The summed E-state index contributed by atoms with van der Waals surface area (Å²) in [5.41, 5.74) is 2.42. The molecule has 1 heterocycles. The number of aromatic amines is 1. The van der Waals surface area contributed by atoms with Crippen molar-refractivity contribution in [1.82, 2.24) is 9.88 Å². The van der Waals surface area contributed by atoms with Crippen LogP contribution in [-0.2, 0) is 6.54 Å². The van der Waals surface area contributed by atoms with Crippen LogP contribution in [-0.4, -0.2) is 29.9 Å². The Kier molecular flexibility index (Phi) is 4.12. The summed E-state index contributed by atoms with van der Waals surface area (Å²) < 4.78 is 0. The molecule has 0 unspecified atom stereocenters. The van der Waals surface area contributed by atoms with Crippen LogP contribution < -0.4 is 5.32 Å². The Morgan fingerprint density at radius 3 is 2.79 bits per heavy atom. The summed E-state index contributed by atoms with van der Waals surface area (Å²) >= 11 is 6.12. The molecule has 2 N–H and O–H groups in total. The van der Waals surface area contributed by atoms with Gasteiger partial charge in [0.2, 0.25) is 0 Å². The number of benzene rings is 1. The number of anilines is 1. The molecule has 0 saturated carbocycles. The molecule has 1 aromatic heterocycles. The summed E-state index contributed by atoms with van der Waals surface area (Å²) in [5, 5.41) is 3.81. The SMILES string of the molecule is CN(C)C(=O)c1ccc(Cl)c(NCc2ccc[nH]2)c1. The number of halogens is 1. The maximum Gasteiger partial charge on any atom is 0.253 e. The van der Waals surface area contributed by atoms with Gasteiger partial charge in [0.15, 0.2) is 0 Å². The Hall–Kier alpha value is -1.94. The second kappa shape index (κ2) is 5.80. The number of hydrogen-bond donors (Lipinski definition) is 2. The zero-order chi connectivity index (χ0) is 13.8. The second-order valence-corrected chi connectivity index (χ2v) is 4.85. The molecular weight excluding hydrogens is 262 g/mol. The van der Waals surface area contributed by atoms with E-state index in [1.165, 1.54) is 4.90 Å². The van der Waals surface area contributed by atoms with Gasteiger partial charge in [0.25, 0.3) is 5.91 Å². The summed E-state index contributed by atoms with van der Waals surface area (Å²) in [5.74, 6) is -0.0420. The standard InChI is InChI=1S/C14H16ClN3O/c1-18(2)14(19)10-5-6-12(15)13(8-10)17-9-11-4-3-7-16-11/h3-8,16-17H,9H2,1-2H3. The molecule has 0 spiro atoms. The number of hydrogen-bond acceptors (Lipinski definition) is 2. The Bertz CT molecular complexity index is 564. The van der Waals surface area contributed by atoms with Crippen LogP contribution in [0.25, 0.3) is 0 Å². The van der Waals surface area contributed by atoms with Crippen LogP contribution in [0.5, 0.6) is 0 Å². The van der Waals surface area contributed by atoms with Crippen molar-refractivity contribution in [1.29, 1.82) is 0 Å². The fourth-order valence-electron chi connectivity index (χ4n) is 1.72. The van der Waals surface area contributed by atoms with Crippen molar-refractivity contribution >= 4 is 23.2 Å². The van der Waals surface area contributed by atoms with E-state index in [9.17, 15) is 4.79 Å². The van der Waals surface area contributed by atoms with Gasteiger partial charge >= 0.3 is 0 Å². The second-order valence-electron chi connectivity index (χ2n) is 4.44. The number of amides is 1. The zero-order valence-electron chi connectivity index (χ0n) is 10.9. The van der Waals surface area contributed by atoms with E-state index in [2.05, 4.69) is 10.3 Å². The first-order chi connectivity index (χ1) is 9.08. The lowest BCUT2D eigenvalue weighted by Gasteiger charge is -2.13. The lowest BCUT2D eigenvalue weighted by atomic mass is 10.1. The number of rotatable bonds is 4. The highest BCUT2D eigenvalue weighted by Gasteiger charge is 2.10. The summed E-state index contributed by atoms with van der Waals surface area (Å²) in [7, 11) is 3.45. The van der Waals surface area contributed by atoms with Crippen LogP contribution >= 0.6 is 11.6 Å². The minimum Gasteiger partial charge on any atom is -0.378 e. The third-order valence-electron chi connectivity index (χ3n) is 2.75. The van der Waals surface area contributed by atoms with E-state index in [4.69, 9.17) is 11.6 Å². The largest absolute Gasteiger partial charge is 0.378 e. The topological polar surface area (TPSA) is 48.1 Å². The molecule has 4 nitrogen and oxygen atoms in total. The quantitative estimate of drug-likeness (QED) is 0.903. The van der Waals surface area contributed by atoms with E-state index in [-0.39, 0.29) is 5.91 Å². The molecule has 0 radical (unpaired) electrons. The Labute approximate surface area is 117 Å². The highest BCUT2D eigenvalue weighted by molar-refractivity contribution is 6.33. The lowest BCUT2D eigenvalue weighted by Crippen LogP contribution is -2.21. The minimum absolute atomic E-state index is 0.0420. The Morgan fingerprint density at radius 2 is 2.16 bits per heavy atom. The molecule has 0 aliphatic heterocycles. The molecule has 100 valence electrons. The van der Waals surface area contributed by atoms with E-state index in [0.29, 0.717) is 17.1 Å². The molecule has 1 aromatic carbocycles. The lowest BCUT2D eigenvalue weighted by molar-refractivity contribution is 0.0827. The van der Waals surface area contributed by atoms with Crippen LogP contribution in [0.2, 0.25) is 5.02 Å². The van der Waals surface area contributed by atoms with E-state index in [0.717, 1.165) is 11.4 Å². The molecule has 1 amide bonds.